The Balaban J connectivity index is 1.27. The molecule has 0 saturated carbocycles. The van der Waals surface area contributed by atoms with Gasteiger partial charge in [0.1, 0.15) is 0 Å². The summed E-state index contributed by atoms with van der Waals surface area (Å²) in [5.41, 5.74) is 0. The summed E-state index contributed by atoms with van der Waals surface area (Å²) in [4.78, 5) is 8.18. The molecule has 200 valence electrons. The molecule has 0 bridgehead atoms. The highest BCUT2D eigenvalue weighted by molar-refractivity contribution is 7.57. The zero-order valence-electron chi connectivity index (χ0n) is 22.3. The molecule has 7 nitrogen and oxygen atoms in total. The Bertz CT molecular complexity index is 636. The zero-order chi connectivity index (χ0) is 23.7. The number of nitrogens with one attached hydrogen (secondary N) is 1. The predicted octanol–water partition coefficient (Wildman–Crippen LogP) is 4.19. The van der Waals surface area contributed by atoms with Gasteiger partial charge in [0.15, 0.2) is 7.51 Å². The molecule has 35 heavy (non-hydrogen) atoms. The smallest absolute Gasteiger partial charge is 0.166 e. The van der Waals surface area contributed by atoms with Gasteiger partial charge in [0.25, 0.3) is 0 Å². The van der Waals surface area contributed by atoms with Crippen molar-refractivity contribution in [3.63, 3.8) is 0 Å². The van der Waals surface area contributed by atoms with E-state index in [0.717, 1.165) is 19.6 Å². The van der Waals surface area contributed by atoms with Gasteiger partial charge in [-0.15, -0.1) is 0 Å². The molecular weight excluding hydrogens is 453 g/mol. The topological polar surface area (TPSA) is 43.3 Å². The molecule has 6 aliphatic rings. The van der Waals surface area contributed by atoms with Gasteiger partial charge in [0.05, 0.1) is 0 Å². The van der Waals surface area contributed by atoms with Crippen molar-refractivity contribution in [1.82, 2.24) is 28.7 Å². The number of hydrogen-bond donors (Lipinski definition) is 1. The second-order valence-corrected chi connectivity index (χ2v) is 15.1. The van der Waals surface area contributed by atoms with Crippen LogP contribution in [-0.2, 0) is 0 Å². The van der Waals surface area contributed by atoms with E-state index in [1.807, 2.05) is 0 Å². The lowest BCUT2D eigenvalue weighted by Crippen LogP contribution is -2.51. The van der Waals surface area contributed by atoms with Crippen LogP contribution in [0.4, 0.5) is 0 Å². The van der Waals surface area contributed by atoms with E-state index < -0.39 is 7.51 Å². The van der Waals surface area contributed by atoms with Crippen LogP contribution >= 0.6 is 7.51 Å². The molecule has 0 aromatic rings. The van der Waals surface area contributed by atoms with Gasteiger partial charge in [-0.05, 0) is 116 Å². The third-order valence-electron chi connectivity index (χ3n) is 10.1. The van der Waals surface area contributed by atoms with Crippen LogP contribution in [0, 0.1) is 5.16 Å². The summed E-state index contributed by atoms with van der Waals surface area (Å²) in [5.74, 6) is 0. The Morgan fingerprint density at radius 1 is 0.429 bits per heavy atom. The summed E-state index contributed by atoms with van der Waals surface area (Å²) in [6, 6.07) is 1.79. The van der Waals surface area contributed by atoms with E-state index in [1.54, 1.807) is 0 Å². The molecule has 0 unspecified atom stereocenters. The molecule has 1 N–H and O–H groups in total. The Hall–Kier alpha value is -0.0100. The average Bonchev–Trinajstić information content (AvgIpc) is 3.70. The van der Waals surface area contributed by atoms with Crippen molar-refractivity contribution >= 4 is 7.51 Å². The Labute approximate surface area is 215 Å². The van der Waals surface area contributed by atoms with Gasteiger partial charge < -0.3 is 14.7 Å². The maximum Gasteiger partial charge on any atom is 0.166 e. The van der Waals surface area contributed by atoms with Crippen molar-refractivity contribution in [3.8, 4) is 0 Å². The first kappa shape index (κ1) is 25.3. The van der Waals surface area contributed by atoms with Crippen LogP contribution in [-0.4, -0.2) is 125 Å². The highest BCUT2D eigenvalue weighted by Gasteiger charge is 2.51. The molecule has 0 aromatic heterocycles. The quantitative estimate of drug-likeness (QED) is 0.474. The summed E-state index contributed by atoms with van der Waals surface area (Å²) < 4.78 is 8.49. The molecule has 6 saturated heterocycles. The number of hydrogen-bond acceptors (Lipinski definition) is 4. The first-order valence-electron chi connectivity index (χ1n) is 15.3. The molecule has 0 spiro atoms. The Morgan fingerprint density at radius 3 is 1.00 bits per heavy atom. The summed E-state index contributed by atoms with van der Waals surface area (Å²) >= 11 is 0. The molecule has 6 heterocycles. The molecule has 3 atom stereocenters. The van der Waals surface area contributed by atoms with Gasteiger partial charge in [-0.1, -0.05) is 0 Å². The van der Waals surface area contributed by atoms with Crippen LogP contribution in [0.3, 0.4) is 0 Å². The van der Waals surface area contributed by atoms with E-state index in [-0.39, 0.29) is 0 Å². The first-order valence-corrected chi connectivity index (χ1v) is 17.0. The lowest BCUT2D eigenvalue weighted by Gasteiger charge is -2.51. The third-order valence-corrected chi connectivity index (χ3v) is 13.8. The van der Waals surface area contributed by atoms with Crippen molar-refractivity contribution in [2.45, 2.75) is 95.2 Å². The standard InChI is InChI=1S/C27H52N7P/c28-35(32-19-7-10-25(32)22-29-13-1-2-14-29,33-20-8-11-26(33)23-30-15-3-4-16-30)34-21-9-12-27(34)24-31-17-5-6-18-31/h25-28H,1-24H2/t25-,26-,27-/m0/s1. The molecule has 0 aliphatic carbocycles. The van der Waals surface area contributed by atoms with Crippen LogP contribution < -0.4 is 0 Å². The van der Waals surface area contributed by atoms with E-state index in [9.17, 15) is 5.16 Å². The molecule has 8 heteroatoms. The van der Waals surface area contributed by atoms with Crippen LogP contribution in [0.1, 0.15) is 77.0 Å². The summed E-state index contributed by atoms with van der Waals surface area (Å²) in [5, 5.41) is 10.7. The number of rotatable bonds is 9. The van der Waals surface area contributed by atoms with Gasteiger partial charge >= 0.3 is 0 Å². The van der Waals surface area contributed by atoms with E-state index in [1.165, 1.54) is 136 Å². The predicted molar refractivity (Wildman–Crippen MR) is 146 cm³/mol. The fourth-order valence-corrected chi connectivity index (χ4v) is 12.4. The SMILES string of the molecule is N=P(N1CCC[C@H]1CN1CCCC1)(N1CCC[C@H]1CN1CCCC1)N1CCC[C@H]1CN1CCCC1. The van der Waals surface area contributed by atoms with Gasteiger partial charge in [-0.25, -0.2) is 14.0 Å². The number of nitrogens with zero attached hydrogens (tertiary/aromatic N) is 6. The highest BCUT2D eigenvalue weighted by atomic mass is 31.2. The molecule has 0 aromatic carbocycles. The van der Waals surface area contributed by atoms with E-state index in [0.29, 0.717) is 18.1 Å². The maximum atomic E-state index is 10.7. The molecule has 6 fully saturated rings. The van der Waals surface area contributed by atoms with Crippen LogP contribution in [0.2, 0.25) is 0 Å². The van der Waals surface area contributed by atoms with Crippen LogP contribution in [0.25, 0.3) is 0 Å². The third kappa shape index (κ3) is 5.30. The number of likely N-dealkylation sites (tertiary alicyclic amines) is 3. The van der Waals surface area contributed by atoms with Gasteiger partial charge in [0.2, 0.25) is 0 Å². The molecule has 6 aliphatic heterocycles. The normalized spacial score (nSPS) is 35.4. The Morgan fingerprint density at radius 2 is 0.714 bits per heavy atom. The second kappa shape index (κ2) is 11.4. The highest BCUT2D eigenvalue weighted by Crippen LogP contribution is 2.64. The Kier molecular flexibility index (Phi) is 8.23. The molecule has 6 rings (SSSR count). The van der Waals surface area contributed by atoms with Crippen LogP contribution in [0.15, 0.2) is 0 Å². The molecule has 0 radical (unpaired) electrons. The van der Waals surface area contributed by atoms with E-state index in [2.05, 4.69) is 28.7 Å². The summed E-state index contributed by atoms with van der Waals surface area (Å²) in [6.45, 7) is 14.9. The van der Waals surface area contributed by atoms with Gasteiger partial charge in [-0.2, -0.15) is 0 Å². The minimum Gasteiger partial charge on any atom is -0.302 e. The minimum absolute atomic E-state index is 0.597. The van der Waals surface area contributed by atoms with Crippen molar-refractivity contribution < 1.29 is 0 Å². The van der Waals surface area contributed by atoms with Crippen molar-refractivity contribution in [1.29, 1.82) is 5.16 Å². The fourth-order valence-electron chi connectivity index (χ4n) is 8.35. The van der Waals surface area contributed by atoms with Crippen molar-refractivity contribution in [2.75, 3.05) is 78.5 Å². The van der Waals surface area contributed by atoms with Crippen LogP contribution in [0.5, 0.6) is 0 Å². The average molecular weight is 506 g/mol. The lowest BCUT2D eigenvalue weighted by molar-refractivity contribution is 0.199. The maximum absolute atomic E-state index is 10.7. The molecule has 0 amide bonds. The zero-order valence-corrected chi connectivity index (χ0v) is 23.2. The second-order valence-electron chi connectivity index (χ2n) is 12.5. The monoisotopic (exact) mass is 505 g/mol. The lowest BCUT2D eigenvalue weighted by atomic mass is 10.2. The summed E-state index contributed by atoms with van der Waals surface area (Å²) in [7, 11) is -2.28. The molecular formula is C27H52N7P. The van der Waals surface area contributed by atoms with E-state index >= 15 is 0 Å². The van der Waals surface area contributed by atoms with Gasteiger partial charge in [0, 0.05) is 57.4 Å². The summed E-state index contributed by atoms with van der Waals surface area (Å²) in [6.07, 6.45) is 16.1. The van der Waals surface area contributed by atoms with E-state index in [4.69, 9.17) is 0 Å². The minimum atomic E-state index is -2.28. The van der Waals surface area contributed by atoms with Crippen molar-refractivity contribution in [2.24, 2.45) is 0 Å². The largest absolute Gasteiger partial charge is 0.302 e. The first-order chi connectivity index (χ1) is 17.2. The fraction of sp³-hybridized carbons (Fsp3) is 1.00. The van der Waals surface area contributed by atoms with Crippen molar-refractivity contribution in [3.05, 3.63) is 0 Å². The van der Waals surface area contributed by atoms with Gasteiger partial charge in [-0.3, -0.25) is 5.16 Å².